The summed E-state index contributed by atoms with van der Waals surface area (Å²) in [4.78, 5) is 0. The predicted molar refractivity (Wildman–Crippen MR) is 94.8 cm³/mol. The lowest BCUT2D eigenvalue weighted by atomic mass is 9.77. The van der Waals surface area contributed by atoms with E-state index in [2.05, 4.69) is 66.0 Å². The summed E-state index contributed by atoms with van der Waals surface area (Å²) >= 11 is 0. The molecule has 23 heavy (non-hydrogen) atoms. The minimum atomic E-state index is -0.394. The van der Waals surface area contributed by atoms with Gasteiger partial charge in [-0.1, -0.05) is 72.8 Å². The molecule has 116 valence electrons. The number of ether oxygens (including phenoxy) is 1. The first-order chi connectivity index (χ1) is 11.3. The molecule has 0 unspecified atom stereocenters. The largest absolute Gasteiger partial charge is 0.497 e. The van der Waals surface area contributed by atoms with Gasteiger partial charge < -0.3 is 10.1 Å². The molecule has 3 aromatic carbocycles. The van der Waals surface area contributed by atoms with Crippen molar-refractivity contribution in [3.05, 3.63) is 102 Å². The first-order valence-electron chi connectivity index (χ1n) is 7.76. The monoisotopic (exact) mass is 303 g/mol. The molecular formula is C21H21NO. The van der Waals surface area contributed by atoms with Gasteiger partial charge in [-0.15, -0.1) is 0 Å². The average Bonchev–Trinajstić information content (AvgIpc) is 2.65. The molecule has 0 aromatic heterocycles. The minimum Gasteiger partial charge on any atom is -0.497 e. The molecule has 0 heterocycles. The molecule has 3 aromatic rings. The van der Waals surface area contributed by atoms with Gasteiger partial charge in [-0.05, 0) is 35.9 Å². The molecule has 1 N–H and O–H groups in total. The van der Waals surface area contributed by atoms with Gasteiger partial charge in [-0.2, -0.15) is 0 Å². The Morgan fingerprint density at radius 2 is 1.09 bits per heavy atom. The van der Waals surface area contributed by atoms with Gasteiger partial charge in [-0.25, -0.2) is 0 Å². The van der Waals surface area contributed by atoms with Crippen LogP contribution >= 0.6 is 0 Å². The molecule has 0 spiro atoms. The summed E-state index contributed by atoms with van der Waals surface area (Å²) in [6, 6.07) is 29.3. The van der Waals surface area contributed by atoms with Crippen LogP contribution in [0.5, 0.6) is 5.75 Å². The third-order valence-corrected chi connectivity index (χ3v) is 4.31. The summed E-state index contributed by atoms with van der Waals surface area (Å²) in [6.45, 7) is 0. The molecule has 3 rings (SSSR count). The summed E-state index contributed by atoms with van der Waals surface area (Å²) < 4.78 is 5.31. The Morgan fingerprint density at radius 3 is 1.48 bits per heavy atom. The van der Waals surface area contributed by atoms with Gasteiger partial charge in [0.25, 0.3) is 0 Å². The van der Waals surface area contributed by atoms with Gasteiger partial charge in [0.1, 0.15) is 5.75 Å². The number of nitrogens with one attached hydrogen (secondary N) is 1. The van der Waals surface area contributed by atoms with Crippen LogP contribution in [0.3, 0.4) is 0 Å². The van der Waals surface area contributed by atoms with Gasteiger partial charge in [-0.3, -0.25) is 0 Å². The Morgan fingerprint density at radius 1 is 0.652 bits per heavy atom. The molecule has 0 aliphatic heterocycles. The van der Waals surface area contributed by atoms with E-state index in [1.165, 1.54) is 16.7 Å². The Bertz CT molecular complexity index is 696. The number of hydrogen-bond donors (Lipinski definition) is 1. The molecular weight excluding hydrogens is 282 g/mol. The van der Waals surface area contributed by atoms with Gasteiger partial charge in [0, 0.05) is 0 Å². The van der Waals surface area contributed by atoms with E-state index in [1.54, 1.807) is 7.11 Å². The van der Waals surface area contributed by atoms with E-state index in [-0.39, 0.29) is 0 Å². The first kappa shape index (κ1) is 15.3. The maximum atomic E-state index is 5.31. The molecule has 0 aliphatic carbocycles. The van der Waals surface area contributed by atoms with Crippen molar-refractivity contribution in [2.75, 3.05) is 14.2 Å². The average molecular weight is 303 g/mol. The molecule has 0 bridgehead atoms. The van der Waals surface area contributed by atoms with Crippen LogP contribution in [0.1, 0.15) is 16.7 Å². The topological polar surface area (TPSA) is 21.3 Å². The highest BCUT2D eigenvalue weighted by Crippen LogP contribution is 2.36. The summed E-state index contributed by atoms with van der Waals surface area (Å²) in [7, 11) is 3.69. The highest BCUT2D eigenvalue weighted by molar-refractivity contribution is 5.50. The highest BCUT2D eigenvalue weighted by Gasteiger charge is 2.34. The second-order valence-corrected chi connectivity index (χ2v) is 5.46. The normalized spacial score (nSPS) is 11.2. The van der Waals surface area contributed by atoms with E-state index >= 15 is 0 Å². The van der Waals surface area contributed by atoms with Crippen molar-refractivity contribution in [2.24, 2.45) is 0 Å². The fraction of sp³-hybridized carbons (Fsp3) is 0.143. The van der Waals surface area contributed by atoms with Crippen LogP contribution in [0.15, 0.2) is 84.9 Å². The van der Waals surface area contributed by atoms with Crippen molar-refractivity contribution < 1.29 is 4.74 Å². The van der Waals surface area contributed by atoms with Crippen molar-refractivity contribution >= 4 is 0 Å². The van der Waals surface area contributed by atoms with Crippen molar-refractivity contribution in [3.63, 3.8) is 0 Å². The maximum absolute atomic E-state index is 5.31. The van der Waals surface area contributed by atoms with Gasteiger partial charge in [0.15, 0.2) is 0 Å². The number of benzene rings is 3. The van der Waals surface area contributed by atoms with Crippen LogP contribution < -0.4 is 10.1 Å². The molecule has 2 heteroatoms. The van der Waals surface area contributed by atoms with Crippen LogP contribution in [0.4, 0.5) is 0 Å². The lowest BCUT2D eigenvalue weighted by molar-refractivity contribution is 0.414. The SMILES string of the molecule is CNC(c1ccccc1)(c1ccccc1)c1ccc(OC)cc1. The predicted octanol–water partition coefficient (Wildman–Crippen LogP) is 4.21. The highest BCUT2D eigenvalue weighted by atomic mass is 16.5. The second kappa shape index (κ2) is 6.67. The van der Waals surface area contributed by atoms with Gasteiger partial charge in [0.05, 0.1) is 12.6 Å². The Hall–Kier alpha value is -2.58. The van der Waals surface area contributed by atoms with E-state index in [9.17, 15) is 0 Å². The quantitative estimate of drug-likeness (QED) is 0.713. The van der Waals surface area contributed by atoms with Crippen molar-refractivity contribution in [1.29, 1.82) is 0 Å². The van der Waals surface area contributed by atoms with E-state index in [0.717, 1.165) is 5.75 Å². The standard InChI is InChI=1S/C21H21NO/c1-22-21(17-9-5-3-6-10-17,18-11-7-4-8-12-18)19-13-15-20(23-2)16-14-19/h3-16,22H,1-2H3. The van der Waals surface area contributed by atoms with Crippen molar-refractivity contribution in [1.82, 2.24) is 5.32 Å². The van der Waals surface area contributed by atoms with E-state index in [0.29, 0.717) is 0 Å². The lowest BCUT2D eigenvalue weighted by Crippen LogP contribution is -2.42. The van der Waals surface area contributed by atoms with E-state index in [4.69, 9.17) is 4.74 Å². The molecule has 0 saturated carbocycles. The fourth-order valence-electron chi connectivity index (χ4n) is 3.15. The summed E-state index contributed by atoms with van der Waals surface area (Å²) in [5.74, 6) is 0.861. The number of rotatable bonds is 5. The Labute approximate surface area is 137 Å². The second-order valence-electron chi connectivity index (χ2n) is 5.46. The molecule has 0 amide bonds. The summed E-state index contributed by atoms with van der Waals surface area (Å²) in [5, 5.41) is 3.56. The van der Waals surface area contributed by atoms with Crippen LogP contribution in [-0.4, -0.2) is 14.2 Å². The first-order valence-corrected chi connectivity index (χ1v) is 7.76. The molecule has 0 aliphatic rings. The summed E-state index contributed by atoms with van der Waals surface area (Å²) in [6.07, 6.45) is 0. The molecule has 2 nitrogen and oxygen atoms in total. The maximum Gasteiger partial charge on any atom is 0.118 e. The molecule has 0 atom stereocenters. The third-order valence-electron chi connectivity index (χ3n) is 4.31. The Balaban J connectivity index is 2.24. The zero-order valence-electron chi connectivity index (χ0n) is 13.5. The molecule has 0 radical (unpaired) electrons. The van der Waals surface area contributed by atoms with Crippen LogP contribution in [0.2, 0.25) is 0 Å². The van der Waals surface area contributed by atoms with Crippen LogP contribution in [-0.2, 0) is 5.54 Å². The van der Waals surface area contributed by atoms with E-state index < -0.39 is 5.54 Å². The zero-order chi connectivity index (χ0) is 16.1. The number of methoxy groups -OCH3 is 1. The Kier molecular flexibility index (Phi) is 4.45. The fourth-order valence-corrected chi connectivity index (χ4v) is 3.15. The zero-order valence-corrected chi connectivity index (χ0v) is 13.5. The molecule has 0 fully saturated rings. The van der Waals surface area contributed by atoms with Crippen LogP contribution in [0.25, 0.3) is 0 Å². The smallest absolute Gasteiger partial charge is 0.118 e. The lowest BCUT2D eigenvalue weighted by Gasteiger charge is -2.35. The summed E-state index contributed by atoms with van der Waals surface area (Å²) in [5.41, 5.74) is 3.20. The van der Waals surface area contributed by atoms with Gasteiger partial charge in [0.2, 0.25) is 0 Å². The van der Waals surface area contributed by atoms with Gasteiger partial charge >= 0.3 is 0 Å². The van der Waals surface area contributed by atoms with E-state index in [1.807, 2.05) is 31.3 Å². The van der Waals surface area contributed by atoms with Crippen LogP contribution in [0, 0.1) is 0 Å². The number of hydrogen-bond acceptors (Lipinski definition) is 2. The van der Waals surface area contributed by atoms with Crippen molar-refractivity contribution in [3.8, 4) is 5.75 Å². The minimum absolute atomic E-state index is 0.394. The molecule has 0 saturated heterocycles. The third kappa shape index (κ3) is 2.73. The van der Waals surface area contributed by atoms with Crippen molar-refractivity contribution in [2.45, 2.75) is 5.54 Å².